The monoisotopic (exact) mass is 280 g/mol. The molecule has 1 atom stereocenters. The SMILES string of the molecule is C=C(C(=O)OC(CCCC)C(CC)CC)C(F)(F)F. The number of carbonyl (C=O) groups excluding carboxylic acids is 1. The van der Waals surface area contributed by atoms with Gasteiger partial charge < -0.3 is 4.74 Å². The molecule has 19 heavy (non-hydrogen) atoms. The number of ether oxygens (including phenoxy) is 1. The fourth-order valence-electron chi connectivity index (χ4n) is 1.93. The van der Waals surface area contributed by atoms with E-state index in [9.17, 15) is 18.0 Å². The third-order valence-electron chi connectivity index (χ3n) is 3.26. The first-order chi connectivity index (χ1) is 8.77. The first-order valence-corrected chi connectivity index (χ1v) is 6.74. The summed E-state index contributed by atoms with van der Waals surface area (Å²) >= 11 is 0. The summed E-state index contributed by atoms with van der Waals surface area (Å²) in [7, 11) is 0. The molecule has 2 nitrogen and oxygen atoms in total. The van der Waals surface area contributed by atoms with Crippen molar-refractivity contribution < 1.29 is 22.7 Å². The molecule has 0 amide bonds. The molecule has 0 bridgehead atoms. The number of esters is 1. The lowest BCUT2D eigenvalue weighted by Crippen LogP contribution is -2.30. The topological polar surface area (TPSA) is 26.3 Å². The van der Waals surface area contributed by atoms with E-state index in [0.717, 1.165) is 25.7 Å². The molecule has 0 aliphatic rings. The largest absolute Gasteiger partial charge is 0.459 e. The van der Waals surface area contributed by atoms with Gasteiger partial charge in [0.1, 0.15) is 11.7 Å². The number of unbranched alkanes of at least 4 members (excludes halogenated alkanes) is 1. The first kappa shape index (κ1) is 18.0. The molecule has 112 valence electrons. The Kier molecular flexibility index (Phi) is 7.79. The lowest BCUT2D eigenvalue weighted by Gasteiger charge is -2.26. The molecular weight excluding hydrogens is 257 g/mol. The summed E-state index contributed by atoms with van der Waals surface area (Å²) in [5.74, 6) is -1.25. The number of carbonyl (C=O) groups is 1. The molecule has 5 heteroatoms. The standard InChI is InChI=1S/C14H23F3O2/c1-5-8-9-12(11(6-2)7-3)19-13(18)10(4)14(15,16)17/h11-12H,4-9H2,1-3H3. The molecule has 0 heterocycles. The molecule has 0 rings (SSSR count). The molecule has 0 fully saturated rings. The van der Waals surface area contributed by atoms with Crippen LogP contribution in [-0.4, -0.2) is 18.2 Å². The Morgan fingerprint density at radius 3 is 2.11 bits per heavy atom. The van der Waals surface area contributed by atoms with Crippen LogP contribution in [0.3, 0.4) is 0 Å². The van der Waals surface area contributed by atoms with Gasteiger partial charge in [0.15, 0.2) is 0 Å². The molecule has 0 aromatic carbocycles. The maximum absolute atomic E-state index is 12.4. The summed E-state index contributed by atoms with van der Waals surface area (Å²) in [5.41, 5.74) is -1.43. The third kappa shape index (κ3) is 6.12. The summed E-state index contributed by atoms with van der Waals surface area (Å²) < 4.78 is 42.1. The molecule has 0 radical (unpaired) electrons. The van der Waals surface area contributed by atoms with Gasteiger partial charge in [0, 0.05) is 0 Å². The van der Waals surface area contributed by atoms with E-state index in [2.05, 4.69) is 6.58 Å². The Hall–Kier alpha value is -1.00. The van der Waals surface area contributed by atoms with Crippen molar-refractivity contribution in [3.63, 3.8) is 0 Å². The van der Waals surface area contributed by atoms with Crippen molar-refractivity contribution >= 4 is 5.97 Å². The predicted molar refractivity (Wildman–Crippen MR) is 68.7 cm³/mol. The minimum absolute atomic E-state index is 0.0940. The van der Waals surface area contributed by atoms with Crippen LogP contribution in [0.1, 0.15) is 52.9 Å². The number of hydrogen-bond donors (Lipinski definition) is 0. The number of hydrogen-bond acceptors (Lipinski definition) is 2. The Bertz CT molecular complexity index is 294. The Labute approximate surface area is 113 Å². The summed E-state index contributed by atoms with van der Waals surface area (Å²) in [5, 5.41) is 0. The molecule has 1 unspecified atom stereocenters. The maximum atomic E-state index is 12.4. The zero-order valence-electron chi connectivity index (χ0n) is 11.8. The van der Waals surface area contributed by atoms with Crippen molar-refractivity contribution in [1.29, 1.82) is 0 Å². The van der Waals surface area contributed by atoms with E-state index in [1.807, 2.05) is 20.8 Å². The van der Waals surface area contributed by atoms with E-state index >= 15 is 0 Å². The van der Waals surface area contributed by atoms with E-state index in [4.69, 9.17) is 4.74 Å². The Morgan fingerprint density at radius 2 is 1.74 bits per heavy atom. The van der Waals surface area contributed by atoms with Crippen LogP contribution in [0.2, 0.25) is 0 Å². The molecule has 0 saturated carbocycles. The zero-order valence-corrected chi connectivity index (χ0v) is 11.8. The summed E-state index contributed by atoms with van der Waals surface area (Å²) in [6, 6.07) is 0. The smallest absolute Gasteiger partial charge is 0.422 e. The van der Waals surface area contributed by atoms with Gasteiger partial charge in [-0.3, -0.25) is 0 Å². The van der Waals surface area contributed by atoms with E-state index in [-0.39, 0.29) is 5.92 Å². The van der Waals surface area contributed by atoms with E-state index < -0.39 is 23.8 Å². The number of halogens is 3. The number of rotatable bonds is 8. The van der Waals surface area contributed by atoms with Gasteiger partial charge in [-0.1, -0.05) is 40.2 Å². The van der Waals surface area contributed by atoms with Crippen molar-refractivity contribution in [3.05, 3.63) is 12.2 Å². The van der Waals surface area contributed by atoms with Gasteiger partial charge >= 0.3 is 12.1 Å². The minimum Gasteiger partial charge on any atom is -0.459 e. The van der Waals surface area contributed by atoms with E-state index in [1.54, 1.807) is 0 Å². The first-order valence-electron chi connectivity index (χ1n) is 6.74. The normalized spacial score (nSPS) is 13.4. The predicted octanol–water partition coefficient (Wildman–Crippen LogP) is 4.64. The Balaban J connectivity index is 4.71. The van der Waals surface area contributed by atoms with Gasteiger partial charge in [-0.25, -0.2) is 4.79 Å². The molecule has 0 saturated heterocycles. The second-order valence-corrected chi connectivity index (χ2v) is 4.64. The van der Waals surface area contributed by atoms with Crippen molar-refractivity contribution in [2.24, 2.45) is 5.92 Å². The average Bonchev–Trinajstić information content (AvgIpc) is 2.34. The van der Waals surface area contributed by atoms with Gasteiger partial charge in [0.05, 0.1) is 0 Å². The Morgan fingerprint density at radius 1 is 1.21 bits per heavy atom. The molecule has 0 N–H and O–H groups in total. The quantitative estimate of drug-likeness (QED) is 0.478. The molecule has 0 aromatic rings. The third-order valence-corrected chi connectivity index (χ3v) is 3.26. The average molecular weight is 280 g/mol. The fourth-order valence-corrected chi connectivity index (χ4v) is 1.93. The van der Waals surface area contributed by atoms with E-state index in [0.29, 0.717) is 6.42 Å². The van der Waals surface area contributed by atoms with Gasteiger partial charge in [-0.2, -0.15) is 13.2 Å². The van der Waals surface area contributed by atoms with Crippen LogP contribution in [0.25, 0.3) is 0 Å². The van der Waals surface area contributed by atoms with Gasteiger partial charge in [0.25, 0.3) is 0 Å². The molecule has 0 spiro atoms. The summed E-state index contributed by atoms with van der Waals surface area (Å²) in [6.07, 6.45) is -1.30. The van der Waals surface area contributed by atoms with E-state index in [1.165, 1.54) is 0 Å². The van der Waals surface area contributed by atoms with Crippen LogP contribution in [0.4, 0.5) is 13.2 Å². The molecule has 0 aromatic heterocycles. The number of alkyl halides is 3. The van der Waals surface area contributed by atoms with Gasteiger partial charge in [-0.15, -0.1) is 0 Å². The van der Waals surface area contributed by atoms with Crippen LogP contribution < -0.4 is 0 Å². The second kappa shape index (κ2) is 8.23. The van der Waals surface area contributed by atoms with Crippen molar-refractivity contribution in [3.8, 4) is 0 Å². The maximum Gasteiger partial charge on any atom is 0.422 e. The highest BCUT2D eigenvalue weighted by atomic mass is 19.4. The van der Waals surface area contributed by atoms with Crippen LogP contribution in [0.15, 0.2) is 12.2 Å². The van der Waals surface area contributed by atoms with Crippen molar-refractivity contribution in [2.45, 2.75) is 65.2 Å². The lowest BCUT2D eigenvalue weighted by atomic mass is 9.92. The van der Waals surface area contributed by atoms with Gasteiger partial charge in [0.2, 0.25) is 0 Å². The van der Waals surface area contributed by atoms with Gasteiger partial charge in [-0.05, 0) is 25.2 Å². The molecular formula is C14H23F3O2. The second-order valence-electron chi connectivity index (χ2n) is 4.64. The highest BCUT2D eigenvalue weighted by molar-refractivity contribution is 5.89. The molecule has 0 aliphatic carbocycles. The van der Waals surface area contributed by atoms with Crippen LogP contribution >= 0.6 is 0 Å². The lowest BCUT2D eigenvalue weighted by molar-refractivity contribution is -0.158. The zero-order chi connectivity index (χ0) is 15.1. The fraction of sp³-hybridized carbons (Fsp3) is 0.786. The highest BCUT2D eigenvalue weighted by Gasteiger charge is 2.39. The highest BCUT2D eigenvalue weighted by Crippen LogP contribution is 2.28. The van der Waals surface area contributed by atoms with Crippen LogP contribution in [0.5, 0.6) is 0 Å². The minimum atomic E-state index is -4.72. The summed E-state index contributed by atoms with van der Waals surface area (Å²) in [4.78, 5) is 11.5. The van der Waals surface area contributed by atoms with Crippen molar-refractivity contribution in [1.82, 2.24) is 0 Å². The van der Waals surface area contributed by atoms with Crippen LogP contribution in [-0.2, 0) is 9.53 Å². The van der Waals surface area contributed by atoms with Crippen LogP contribution in [0, 0.1) is 5.92 Å². The molecule has 0 aliphatic heterocycles. The summed E-state index contributed by atoms with van der Waals surface area (Å²) in [6.45, 7) is 8.65. The van der Waals surface area contributed by atoms with Crippen molar-refractivity contribution in [2.75, 3.05) is 0 Å².